The summed E-state index contributed by atoms with van der Waals surface area (Å²) in [6.45, 7) is 0.740. The van der Waals surface area contributed by atoms with Crippen molar-refractivity contribution in [2.45, 2.75) is 11.4 Å². The molecule has 0 aliphatic heterocycles. The monoisotopic (exact) mass is 337 g/mol. The zero-order chi connectivity index (χ0) is 16.5. The van der Waals surface area contributed by atoms with Gasteiger partial charge in [0.15, 0.2) is 0 Å². The fourth-order valence-electron chi connectivity index (χ4n) is 2.81. The summed E-state index contributed by atoms with van der Waals surface area (Å²) in [7, 11) is 0. The van der Waals surface area contributed by atoms with Gasteiger partial charge in [0.2, 0.25) is 0 Å². The van der Waals surface area contributed by atoms with E-state index < -0.39 is 0 Å². The first kappa shape index (κ1) is 15.1. The van der Waals surface area contributed by atoms with Crippen molar-refractivity contribution in [2.24, 2.45) is 0 Å². The van der Waals surface area contributed by atoms with Crippen LogP contribution in [0, 0.1) is 5.82 Å². The van der Waals surface area contributed by atoms with E-state index in [1.807, 2.05) is 18.2 Å². The van der Waals surface area contributed by atoms with E-state index in [0.717, 1.165) is 28.6 Å². The number of fused-ring (bicyclic) bond motifs is 3. The van der Waals surface area contributed by atoms with E-state index >= 15 is 0 Å². The van der Waals surface area contributed by atoms with Crippen molar-refractivity contribution >= 4 is 39.4 Å². The highest BCUT2D eigenvalue weighted by Gasteiger charge is 2.08. The van der Waals surface area contributed by atoms with Crippen LogP contribution < -0.4 is 5.32 Å². The zero-order valence-electron chi connectivity index (χ0n) is 13.2. The van der Waals surface area contributed by atoms with Crippen LogP contribution in [0.3, 0.4) is 0 Å². The van der Waals surface area contributed by atoms with Crippen molar-refractivity contribution < 1.29 is 8.81 Å². The van der Waals surface area contributed by atoms with E-state index in [0.29, 0.717) is 5.58 Å². The van der Waals surface area contributed by atoms with Crippen LogP contribution in [-0.4, -0.2) is 6.26 Å². The highest BCUT2D eigenvalue weighted by molar-refractivity contribution is 7.98. The molecule has 0 aliphatic carbocycles. The summed E-state index contributed by atoms with van der Waals surface area (Å²) in [6, 6.07) is 19.0. The molecule has 0 saturated heterocycles. The number of hydrogen-bond acceptors (Lipinski definition) is 3. The molecule has 120 valence electrons. The quantitative estimate of drug-likeness (QED) is 0.458. The molecule has 3 aromatic carbocycles. The fraction of sp³-hybridized carbons (Fsp3) is 0.100. The highest BCUT2D eigenvalue weighted by atomic mass is 32.2. The average molecular weight is 337 g/mol. The first-order chi connectivity index (χ1) is 11.7. The third kappa shape index (κ3) is 2.85. The molecule has 1 N–H and O–H groups in total. The molecule has 0 aliphatic rings. The van der Waals surface area contributed by atoms with E-state index in [-0.39, 0.29) is 5.82 Å². The average Bonchev–Trinajstić information content (AvgIpc) is 2.97. The van der Waals surface area contributed by atoms with Crippen LogP contribution in [0.2, 0.25) is 0 Å². The van der Waals surface area contributed by atoms with Crippen LogP contribution in [0.15, 0.2) is 70.0 Å². The van der Waals surface area contributed by atoms with Crippen molar-refractivity contribution in [3.05, 3.63) is 72.0 Å². The number of nitrogens with one attached hydrogen (secondary N) is 1. The largest absolute Gasteiger partial charge is 0.456 e. The van der Waals surface area contributed by atoms with Crippen LogP contribution >= 0.6 is 11.8 Å². The Balaban J connectivity index is 1.61. The maximum Gasteiger partial charge on any atom is 0.135 e. The van der Waals surface area contributed by atoms with Gasteiger partial charge < -0.3 is 9.73 Å². The Morgan fingerprint density at radius 3 is 2.38 bits per heavy atom. The normalized spacial score (nSPS) is 11.2. The van der Waals surface area contributed by atoms with Gasteiger partial charge in [-0.2, -0.15) is 0 Å². The van der Waals surface area contributed by atoms with Crippen molar-refractivity contribution in [3.8, 4) is 0 Å². The van der Waals surface area contributed by atoms with Gasteiger partial charge in [0, 0.05) is 27.9 Å². The summed E-state index contributed by atoms with van der Waals surface area (Å²) in [5, 5.41) is 5.14. The van der Waals surface area contributed by atoms with Gasteiger partial charge in [-0.25, -0.2) is 4.39 Å². The molecular formula is C20H16FNOS. The second-order valence-corrected chi connectivity index (χ2v) is 6.53. The Labute approximate surface area is 143 Å². The molecule has 0 unspecified atom stereocenters. The molecule has 0 saturated carbocycles. The Morgan fingerprint density at radius 2 is 1.62 bits per heavy atom. The van der Waals surface area contributed by atoms with E-state index in [1.165, 1.54) is 22.6 Å². The lowest BCUT2D eigenvalue weighted by molar-refractivity contribution is 0.626. The molecular weight excluding hydrogens is 321 g/mol. The topological polar surface area (TPSA) is 25.2 Å². The van der Waals surface area contributed by atoms with Crippen LogP contribution in [-0.2, 0) is 6.54 Å². The molecule has 0 atom stereocenters. The SMILES string of the molecule is CSc1ccc(CNc2ccc3oc4ccc(F)cc4c3c2)cc1. The molecule has 1 aromatic heterocycles. The van der Waals surface area contributed by atoms with Crippen molar-refractivity contribution in [3.63, 3.8) is 0 Å². The first-order valence-electron chi connectivity index (χ1n) is 7.71. The molecule has 4 aromatic rings. The minimum absolute atomic E-state index is 0.252. The predicted molar refractivity (Wildman–Crippen MR) is 99.2 cm³/mol. The van der Waals surface area contributed by atoms with E-state index in [2.05, 4.69) is 35.8 Å². The van der Waals surface area contributed by atoms with Crippen LogP contribution in [0.5, 0.6) is 0 Å². The highest BCUT2D eigenvalue weighted by Crippen LogP contribution is 2.31. The molecule has 4 heteroatoms. The number of rotatable bonds is 4. The minimum atomic E-state index is -0.252. The van der Waals surface area contributed by atoms with Crippen molar-refractivity contribution in [1.82, 2.24) is 0 Å². The van der Waals surface area contributed by atoms with Gasteiger partial charge in [0.1, 0.15) is 17.0 Å². The lowest BCUT2D eigenvalue weighted by Crippen LogP contribution is -1.98. The molecule has 0 fully saturated rings. The third-order valence-corrected chi connectivity index (χ3v) is 4.83. The number of hydrogen-bond donors (Lipinski definition) is 1. The minimum Gasteiger partial charge on any atom is -0.456 e. The second-order valence-electron chi connectivity index (χ2n) is 5.66. The standard InChI is InChI=1S/C20H16FNOS/c1-24-16-6-2-13(3-7-16)12-22-15-5-9-20-18(11-15)17-10-14(21)4-8-19(17)23-20/h2-11,22H,12H2,1H3. The molecule has 0 spiro atoms. The van der Waals surface area contributed by atoms with Gasteiger partial charge in [0.25, 0.3) is 0 Å². The van der Waals surface area contributed by atoms with Crippen LogP contribution in [0.4, 0.5) is 10.1 Å². The lowest BCUT2D eigenvalue weighted by atomic mass is 10.1. The van der Waals surface area contributed by atoms with Gasteiger partial charge in [-0.3, -0.25) is 0 Å². The molecule has 0 amide bonds. The Kier molecular flexibility index (Phi) is 3.90. The zero-order valence-corrected chi connectivity index (χ0v) is 14.0. The van der Waals surface area contributed by atoms with Gasteiger partial charge in [-0.05, 0) is 60.4 Å². The van der Waals surface area contributed by atoms with E-state index in [4.69, 9.17) is 4.42 Å². The number of furan rings is 1. The number of thioether (sulfide) groups is 1. The Bertz CT molecular complexity index is 1010. The Hall–Kier alpha value is -2.46. The summed E-state index contributed by atoms with van der Waals surface area (Å²) in [6.07, 6.45) is 2.07. The van der Waals surface area contributed by atoms with Crippen LogP contribution in [0.1, 0.15) is 5.56 Å². The van der Waals surface area contributed by atoms with Crippen LogP contribution in [0.25, 0.3) is 21.9 Å². The number of benzene rings is 3. The summed E-state index contributed by atoms with van der Waals surface area (Å²) in [4.78, 5) is 1.26. The number of anilines is 1. The first-order valence-corrected chi connectivity index (χ1v) is 8.94. The molecule has 1 heterocycles. The molecule has 24 heavy (non-hydrogen) atoms. The second kappa shape index (κ2) is 6.21. The summed E-state index contributed by atoms with van der Waals surface area (Å²) < 4.78 is 19.3. The maximum absolute atomic E-state index is 13.5. The van der Waals surface area contributed by atoms with Gasteiger partial charge in [-0.15, -0.1) is 11.8 Å². The van der Waals surface area contributed by atoms with Crippen molar-refractivity contribution in [1.29, 1.82) is 0 Å². The molecule has 0 bridgehead atoms. The molecule has 4 rings (SSSR count). The Morgan fingerprint density at radius 1 is 0.917 bits per heavy atom. The van der Waals surface area contributed by atoms with Gasteiger partial charge in [-0.1, -0.05) is 12.1 Å². The lowest BCUT2D eigenvalue weighted by Gasteiger charge is -2.07. The third-order valence-electron chi connectivity index (χ3n) is 4.09. The summed E-state index contributed by atoms with van der Waals surface area (Å²) >= 11 is 1.74. The predicted octanol–water partition coefficient (Wildman–Crippen LogP) is 6.06. The summed E-state index contributed by atoms with van der Waals surface area (Å²) in [5.74, 6) is -0.252. The smallest absolute Gasteiger partial charge is 0.135 e. The molecule has 2 nitrogen and oxygen atoms in total. The van der Waals surface area contributed by atoms with Crippen molar-refractivity contribution in [2.75, 3.05) is 11.6 Å². The van der Waals surface area contributed by atoms with Gasteiger partial charge in [0.05, 0.1) is 0 Å². The van der Waals surface area contributed by atoms with E-state index in [9.17, 15) is 4.39 Å². The van der Waals surface area contributed by atoms with E-state index in [1.54, 1.807) is 17.8 Å². The number of halogens is 1. The van der Waals surface area contributed by atoms with Gasteiger partial charge >= 0.3 is 0 Å². The fourth-order valence-corrected chi connectivity index (χ4v) is 3.22. The maximum atomic E-state index is 13.5. The molecule has 0 radical (unpaired) electrons. The summed E-state index contributed by atoms with van der Waals surface area (Å²) in [5.41, 5.74) is 3.68.